The maximum absolute atomic E-state index is 12.6. The highest BCUT2D eigenvalue weighted by atomic mass is 16.7. The van der Waals surface area contributed by atoms with Crippen LogP contribution in [0.1, 0.15) is 31.2 Å². The smallest absolute Gasteiger partial charge is 0.312 e. The molecule has 0 radical (unpaired) electrons. The Hall–Kier alpha value is -2.28. The highest BCUT2D eigenvalue weighted by molar-refractivity contribution is 5.81. The summed E-state index contributed by atoms with van der Waals surface area (Å²) >= 11 is 0. The van der Waals surface area contributed by atoms with Gasteiger partial charge in [0.2, 0.25) is 12.7 Å². The maximum Gasteiger partial charge on any atom is 0.312 e. The molecule has 1 aromatic carbocycles. The van der Waals surface area contributed by atoms with E-state index < -0.39 is 5.41 Å². The van der Waals surface area contributed by atoms with Crippen molar-refractivity contribution in [2.24, 2.45) is 5.41 Å². The summed E-state index contributed by atoms with van der Waals surface area (Å²) in [7, 11) is 3.97. The van der Waals surface area contributed by atoms with Crippen molar-refractivity contribution in [3.8, 4) is 11.5 Å². The lowest BCUT2D eigenvalue weighted by Gasteiger charge is -2.36. The lowest BCUT2D eigenvalue weighted by Crippen LogP contribution is -2.45. The Balaban J connectivity index is 1.28. The first kappa shape index (κ1) is 19.1. The zero-order valence-electron chi connectivity index (χ0n) is 16.6. The van der Waals surface area contributed by atoms with E-state index in [1.54, 1.807) is 0 Å². The van der Waals surface area contributed by atoms with Gasteiger partial charge in [-0.05, 0) is 51.1 Å². The summed E-state index contributed by atoms with van der Waals surface area (Å²) in [6.45, 7) is 2.27. The summed E-state index contributed by atoms with van der Waals surface area (Å²) in [6, 6.07) is 5.81. The number of likely N-dealkylation sites (N-methyl/N-ethyl adjacent to an activating group) is 1. The van der Waals surface area contributed by atoms with Gasteiger partial charge in [0.25, 0.3) is 0 Å². The van der Waals surface area contributed by atoms with Crippen molar-refractivity contribution in [1.29, 1.82) is 0 Å². The molecule has 2 fully saturated rings. The number of esters is 1. The summed E-state index contributed by atoms with van der Waals surface area (Å²) in [5.74, 6) is 1.57. The van der Waals surface area contributed by atoms with Crippen LogP contribution in [0, 0.1) is 5.41 Å². The predicted molar refractivity (Wildman–Crippen MR) is 102 cm³/mol. The molecule has 28 heavy (non-hydrogen) atoms. The Labute approximate surface area is 165 Å². The Bertz CT molecular complexity index is 755. The lowest BCUT2D eigenvalue weighted by atomic mass is 9.76. The van der Waals surface area contributed by atoms with Crippen LogP contribution in [0.5, 0.6) is 11.5 Å². The minimum absolute atomic E-state index is 0.0317. The van der Waals surface area contributed by atoms with E-state index in [0.29, 0.717) is 38.8 Å². The van der Waals surface area contributed by atoms with Gasteiger partial charge in [-0.1, -0.05) is 6.07 Å². The third kappa shape index (κ3) is 3.81. The molecule has 4 rings (SSSR count). The zero-order chi connectivity index (χ0) is 19.7. The molecule has 0 saturated carbocycles. The van der Waals surface area contributed by atoms with E-state index in [0.717, 1.165) is 30.0 Å². The van der Waals surface area contributed by atoms with Crippen molar-refractivity contribution in [2.75, 3.05) is 40.5 Å². The van der Waals surface area contributed by atoms with Crippen LogP contribution in [-0.2, 0) is 20.7 Å². The molecule has 2 saturated heterocycles. The van der Waals surface area contributed by atoms with E-state index in [1.165, 1.54) is 0 Å². The molecule has 3 aliphatic heterocycles. The second-order valence-electron chi connectivity index (χ2n) is 8.34. The van der Waals surface area contributed by atoms with E-state index in [-0.39, 0.29) is 24.8 Å². The Morgan fingerprint density at radius 2 is 1.96 bits per heavy atom. The number of hydrogen-bond acceptors (Lipinski definition) is 6. The number of nitrogens with zero attached hydrogens (tertiary/aromatic N) is 2. The topological polar surface area (TPSA) is 68.3 Å². The summed E-state index contributed by atoms with van der Waals surface area (Å²) in [6.07, 6.45) is 3.26. The number of benzene rings is 1. The fraction of sp³-hybridized carbons (Fsp3) is 0.619. The Kier molecular flexibility index (Phi) is 5.19. The van der Waals surface area contributed by atoms with Crippen molar-refractivity contribution < 1.29 is 23.8 Å². The number of amides is 1. The standard InChI is InChI=1S/C21H28N2O5/c1-22(2)13-16-12-21(20(25)28-16)7-9-23(10-8-21)19(24)6-4-15-3-5-17-18(11-15)27-14-26-17/h3,5,11,16H,4,6-10,12-14H2,1-2H3. The molecular formula is C21H28N2O5. The highest BCUT2D eigenvalue weighted by Crippen LogP contribution is 2.43. The van der Waals surface area contributed by atoms with Gasteiger partial charge in [0.1, 0.15) is 6.10 Å². The number of carbonyl (C=O) groups is 2. The Morgan fingerprint density at radius 1 is 1.21 bits per heavy atom. The number of piperidine rings is 1. The third-order valence-corrected chi connectivity index (χ3v) is 6.03. The van der Waals surface area contributed by atoms with Gasteiger partial charge in [0, 0.05) is 32.5 Å². The van der Waals surface area contributed by atoms with Gasteiger partial charge in [-0.3, -0.25) is 9.59 Å². The normalized spacial score (nSPS) is 22.8. The molecule has 1 atom stereocenters. The van der Waals surface area contributed by atoms with Gasteiger partial charge in [-0.25, -0.2) is 0 Å². The van der Waals surface area contributed by atoms with Crippen molar-refractivity contribution in [2.45, 2.75) is 38.2 Å². The lowest BCUT2D eigenvalue weighted by molar-refractivity contribution is -0.152. The van der Waals surface area contributed by atoms with Crippen LogP contribution in [0.3, 0.4) is 0 Å². The molecule has 0 N–H and O–H groups in total. The van der Waals surface area contributed by atoms with E-state index >= 15 is 0 Å². The predicted octanol–water partition coefficient (Wildman–Crippen LogP) is 1.83. The van der Waals surface area contributed by atoms with Crippen molar-refractivity contribution in [3.63, 3.8) is 0 Å². The monoisotopic (exact) mass is 388 g/mol. The average molecular weight is 388 g/mol. The van der Waals surface area contributed by atoms with Crippen LogP contribution < -0.4 is 9.47 Å². The third-order valence-electron chi connectivity index (χ3n) is 6.03. The molecule has 7 heteroatoms. The number of carbonyl (C=O) groups excluding carboxylic acids is 2. The summed E-state index contributed by atoms with van der Waals surface area (Å²) < 4.78 is 16.3. The van der Waals surface area contributed by atoms with Crippen LogP contribution in [0.4, 0.5) is 0 Å². The van der Waals surface area contributed by atoms with Crippen LogP contribution in [0.2, 0.25) is 0 Å². The van der Waals surface area contributed by atoms with Gasteiger partial charge in [-0.15, -0.1) is 0 Å². The minimum atomic E-state index is -0.394. The van der Waals surface area contributed by atoms with Gasteiger partial charge in [0.05, 0.1) is 5.41 Å². The first-order valence-electron chi connectivity index (χ1n) is 9.97. The fourth-order valence-corrected chi connectivity index (χ4v) is 4.44. The molecule has 1 amide bonds. The molecular weight excluding hydrogens is 360 g/mol. The fourth-order valence-electron chi connectivity index (χ4n) is 4.44. The van der Waals surface area contributed by atoms with Crippen LogP contribution in [0.15, 0.2) is 18.2 Å². The molecule has 0 aromatic heterocycles. The van der Waals surface area contributed by atoms with Gasteiger partial charge in [-0.2, -0.15) is 0 Å². The summed E-state index contributed by atoms with van der Waals surface area (Å²) in [5.41, 5.74) is 0.673. The molecule has 1 aromatic rings. The molecule has 1 spiro atoms. The van der Waals surface area contributed by atoms with Crippen molar-refractivity contribution >= 4 is 11.9 Å². The minimum Gasteiger partial charge on any atom is -0.461 e. The van der Waals surface area contributed by atoms with E-state index in [9.17, 15) is 9.59 Å². The number of ether oxygens (including phenoxy) is 3. The largest absolute Gasteiger partial charge is 0.461 e. The quantitative estimate of drug-likeness (QED) is 0.717. The molecule has 7 nitrogen and oxygen atoms in total. The molecule has 152 valence electrons. The number of hydrogen-bond donors (Lipinski definition) is 0. The number of rotatable bonds is 5. The second kappa shape index (κ2) is 7.62. The number of fused-ring (bicyclic) bond motifs is 1. The van der Waals surface area contributed by atoms with E-state index in [1.807, 2.05) is 42.1 Å². The first-order chi connectivity index (χ1) is 13.4. The molecule has 0 bridgehead atoms. The first-order valence-corrected chi connectivity index (χ1v) is 9.97. The van der Waals surface area contributed by atoms with Gasteiger partial charge in [0.15, 0.2) is 11.5 Å². The van der Waals surface area contributed by atoms with Crippen LogP contribution in [0.25, 0.3) is 0 Å². The number of likely N-dealkylation sites (tertiary alicyclic amines) is 1. The van der Waals surface area contributed by atoms with Crippen LogP contribution in [-0.4, -0.2) is 68.3 Å². The molecule has 0 aliphatic carbocycles. The van der Waals surface area contributed by atoms with Crippen molar-refractivity contribution in [3.05, 3.63) is 23.8 Å². The average Bonchev–Trinajstić information content (AvgIpc) is 3.24. The van der Waals surface area contributed by atoms with Crippen LogP contribution >= 0.6 is 0 Å². The Morgan fingerprint density at radius 3 is 2.71 bits per heavy atom. The van der Waals surface area contributed by atoms with E-state index in [4.69, 9.17) is 14.2 Å². The highest BCUT2D eigenvalue weighted by Gasteiger charge is 2.50. The van der Waals surface area contributed by atoms with Gasteiger partial charge < -0.3 is 24.0 Å². The SMILES string of the molecule is CN(C)CC1CC2(CCN(C(=O)CCc3ccc4c(c3)OCO4)CC2)C(=O)O1. The number of cyclic esters (lactones) is 1. The van der Waals surface area contributed by atoms with Crippen molar-refractivity contribution in [1.82, 2.24) is 9.80 Å². The number of aryl methyl sites for hydroxylation is 1. The zero-order valence-corrected chi connectivity index (χ0v) is 16.6. The summed E-state index contributed by atoms with van der Waals surface area (Å²) in [4.78, 5) is 29.0. The van der Waals surface area contributed by atoms with Gasteiger partial charge >= 0.3 is 5.97 Å². The molecule has 1 unspecified atom stereocenters. The summed E-state index contributed by atoms with van der Waals surface area (Å²) in [5, 5.41) is 0. The maximum atomic E-state index is 12.6. The molecule has 3 aliphatic rings. The van der Waals surface area contributed by atoms with E-state index in [2.05, 4.69) is 0 Å². The molecule has 3 heterocycles. The second-order valence-corrected chi connectivity index (χ2v) is 8.34.